The van der Waals surface area contributed by atoms with Gasteiger partial charge in [0.2, 0.25) is 0 Å². The SMILES string of the molecule is CC(C)(C)C(=O)OC1C2CC3C4OC4O[C@H]1C3C2. The van der Waals surface area contributed by atoms with Crippen LogP contribution in [0.25, 0.3) is 0 Å². The molecule has 2 bridgehead atoms. The Hall–Kier alpha value is -0.610. The van der Waals surface area contributed by atoms with Gasteiger partial charge in [-0.15, -0.1) is 0 Å². The summed E-state index contributed by atoms with van der Waals surface area (Å²) < 4.78 is 17.2. The summed E-state index contributed by atoms with van der Waals surface area (Å²) in [6.07, 6.45) is 2.67. The third-order valence-corrected chi connectivity index (χ3v) is 4.96. The van der Waals surface area contributed by atoms with Crippen LogP contribution in [-0.2, 0) is 19.0 Å². The van der Waals surface area contributed by atoms with Gasteiger partial charge in [0.25, 0.3) is 0 Å². The normalized spacial score (nSPS) is 52.1. The average Bonchev–Trinajstić information content (AvgIpc) is 2.79. The Morgan fingerprint density at radius 1 is 1.11 bits per heavy atom. The van der Waals surface area contributed by atoms with Gasteiger partial charge in [-0.1, -0.05) is 0 Å². The summed E-state index contributed by atoms with van der Waals surface area (Å²) in [6.45, 7) is 5.69. The lowest BCUT2D eigenvalue weighted by atomic mass is 9.81. The highest BCUT2D eigenvalue weighted by Gasteiger charge is 2.67. The molecule has 0 aromatic carbocycles. The Morgan fingerprint density at radius 2 is 1.72 bits per heavy atom. The number of esters is 1. The van der Waals surface area contributed by atoms with Crippen LogP contribution in [-0.4, -0.2) is 30.6 Å². The molecule has 6 unspecified atom stereocenters. The third-order valence-electron chi connectivity index (χ3n) is 4.96. The van der Waals surface area contributed by atoms with Crippen molar-refractivity contribution in [3.8, 4) is 0 Å². The zero-order valence-electron chi connectivity index (χ0n) is 11.1. The Kier molecular flexibility index (Phi) is 2.05. The Labute approximate surface area is 107 Å². The van der Waals surface area contributed by atoms with Crippen molar-refractivity contribution in [1.82, 2.24) is 0 Å². The maximum absolute atomic E-state index is 12.0. The summed E-state index contributed by atoms with van der Waals surface area (Å²) in [5.74, 6) is 1.58. The molecule has 0 amide bonds. The largest absolute Gasteiger partial charge is 0.459 e. The highest BCUT2D eigenvalue weighted by molar-refractivity contribution is 5.75. The highest BCUT2D eigenvalue weighted by Crippen LogP contribution is 2.60. The Balaban J connectivity index is 1.52. The van der Waals surface area contributed by atoms with Crippen LogP contribution in [0.4, 0.5) is 0 Å². The minimum atomic E-state index is -0.436. The van der Waals surface area contributed by atoms with Crippen LogP contribution in [0.15, 0.2) is 0 Å². The first-order valence-electron chi connectivity index (χ1n) is 6.97. The van der Waals surface area contributed by atoms with Gasteiger partial charge in [-0.25, -0.2) is 0 Å². The van der Waals surface area contributed by atoms with Crippen molar-refractivity contribution in [3.05, 3.63) is 0 Å². The van der Waals surface area contributed by atoms with Gasteiger partial charge in [0.05, 0.1) is 5.41 Å². The predicted molar refractivity (Wildman–Crippen MR) is 62.6 cm³/mol. The van der Waals surface area contributed by atoms with Gasteiger partial charge in [0, 0.05) is 0 Å². The lowest BCUT2D eigenvalue weighted by Crippen LogP contribution is -2.47. The molecular weight excluding hydrogens is 232 g/mol. The topological polar surface area (TPSA) is 48.1 Å². The predicted octanol–water partition coefficient (Wildman–Crippen LogP) is 1.72. The van der Waals surface area contributed by atoms with Crippen molar-refractivity contribution >= 4 is 5.97 Å². The first kappa shape index (κ1) is 11.2. The van der Waals surface area contributed by atoms with E-state index in [0.717, 1.165) is 12.8 Å². The molecular formula is C14H20O4. The number of rotatable bonds is 1. The fraction of sp³-hybridized carbons (Fsp3) is 0.929. The maximum Gasteiger partial charge on any atom is 0.311 e. The molecule has 7 atom stereocenters. The minimum Gasteiger partial charge on any atom is -0.459 e. The zero-order chi connectivity index (χ0) is 12.7. The third kappa shape index (κ3) is 1.42. The van der Waals surface area contributed by atoms with Gasteiger partial charge < -0.3 is 14.2 Å². The van der Waals surface area contributed by atoms with Crippen LogP contribution in [0.3, 0.4) is 0 Å². The van der Waals surface area contributed by atoms with Gasteiger partial charge in [0.1, 0.15) is 18.3 Å². The molecule has 0 aromatic rings. The summed E-state index contributed by atoms with van der Waals surface area (Å²) in [6, 6.07) is 0. The molecule has 2 aliphatic heterocycles. The van der Waals surface area contributed by atoms with Crippen molar-refractivity contribution in [2.75, 3.05) is 0 Å². The van der Waals surface area contributed by atoms with Crippen molar-refractivity contribution < 1.29 is 19.0 Å². The molecule has 2 saturated carbocycles. The smallest absolute Gasteiger partial charge is 0.311 e. The molecule has 4 aliphatic rings. The highest BCUT2D eigenvalue weighted by atomic mass is 16.8. The second-order valence-corrected chi connectivity index (χ2v) is 7.25. The first-order valence-corrected chi connectivity index (χ1v) is 6.97. The molecule has 4 heteroatoms. The van der Waals surface area contributed by atoms with E-state index in [-0.39, 0.29) is 24.5 Å². The molecule has 2 saturated heterocycles. The Bertz CT molecular complexity index is 399. The second kappa shape index (κ2) is 3.28. The molecule has 0 spiro atoms. The van der Waals surface area contributed by atoms with E-state index in [0.29, 0.717) is 23.9 Å². The monoisotopic (exact) mass is 252 g/mol. The van der Waals surface area contributed by atoms with Crippen LogP contribution >= 0.6 is 0 Å². The van der Waals surface area contributed by atoms with Crippen molar-refractivity contribution in [3.63, 3.8) is 0 Å². The van der Waals surface area contributed by atoms with Crippen molar-refractivity contribution in [1.29, 1.82) is 0 Å². The van der Waals surface area contributed by atoms with Crippen molar-refractivity contribution in [2.24, 2.45) is 23.2 Å². The van der Waals surface area contributed by atoms with E-state index in [9.17, 15) is 4.79 Å². The van der Waals surface area contributed by atoms with E-state index in [1.165, 1.54) is 0 Å². The maximum atomic E-state index is 12.0. The summed E-state index contributed by atoms with van der Waals surface area (Å²) in [4.78, 5) is 12.0. The molecule has 0 aromatic heterocycles. The molecule has 2 aliphatic carbocycles. The number of hydrogen-bond donors (Lipinski definition) is 0. The minimum absolute atomic E-state index is 0.00820. The number of hydrogen-bond acceptors (Lipinski definition) is 4. The fourth-order valence-electron chi connectivity index (χ4n) is 4.00. The lowest BCUT2D eigenvalue weighted by Gasteiger charge is -2.37. The molecule has 4 fully saturated rings. The van der Waals surface area contributed by atoms with Crippen LogP contribution in [0.5, 0.6) is 0 Å². The zero-order valence-corrected chi connectivity index (χ0v) is 11.1. The molecule has 0 N–H and O–H groups in total. The van der Waals surface area contributed by atoms with E-state index < -0.39 is 5.41 Å². The van der Waals surface area contributed by atoms with E-state index in [2.05, 4.69) is 0 Å². The lowest BCUT2D eigenvalue weighted by molar-refractivity contribution is -0.180. The number of fused-ring (bicyclic) bond motifs is 3. The van der Waals surface area contributed by atoms with Crippen molar-refractivity contribution in [2.45, 2.75) is 58.2 Å². The number of carbonyl (C=O) groups excluding carboxylic acids is 1. The Morgan fingerprint density at radius 3 is 2.39 bits per heavy atom. The standard InChI is InChI=1S/C14H20O4/c1-14(2,3)13(15)18-9-6-4-7-8(5-6)11-12(17-11)16-10(7)9/h6-12H,4-5H2,1-3H3/t6?,7?,8?,9?,10-,11?,12?/m0/s1. The molecule has 100 valence electrons. The summed E-state index contributed by atoms with van der Waals surface area (Å²) in [7, 11) is 0. The summed E-state index contributed by atoms with van der Waals surface area (Å²) in [5, 5.41) is 0. The number of ether oxygens (including phenoxy) is 3. The molecule has 18 heavy (non-hydrogen) atoms. The van der Waals surface area contributed by atoms with E-state index in [1.54, 1.807) is 0 Å². The molecule has 4 rings (SSSR count). The van der Waals surface area contributed by atoms with E-state index >= 15 is 0 Å². The van der Waals surface area contributed by atoms with Gasteiger partial charge >= 0.3 is 5.97 Å². The van der Waals surface area contributed by atoms with Gasteiger partial charge in [0.15, 0.2) is 6.29 Å². The van der Waals surface area contributed by atoms with E-state index in [4.69, 9.17) is 14.2 Å². The van der Waals surface area contributed by atoms with Gasteiger partial charge in [-0.3, -0.25) is 4.79 Å². The van der Waals surface area contributed by atoms with Gasteiger partial charge in [-0.05, 0) is 51.4 Å². The summed E-state index contributed by atoms with van der Waals surface area (Å²) >= 11 is 0. The van der Waals surface area contributed by atoms with E-state index in [1.807, 2.05) is 20.8 Å². The average molecular weight is 252 g/mol. The number of carbonyl (C=O) groups is 1. The second-order valence-electron chi connectivity index (χ2n) is 7.25. The molecule has 0 radical (unpaired) electrons. The van der Waals surface area contributed by atoms with Crippen LogP contribution < -0.4 is 0 Å². The van der Waals surface area contributed by atoms with Crippen LogP contribution in [0, 0.1) is 23.2 Å². The quantitative estimate of drug-likeness (QED) is 0.526. The number of epoxide rings is 1. The molecule has 2 heterocycles. The van der Waals surface area contributed by atoms with Crippen LogP contribution in [0.1, 0.15) is 33.6 Å². The first-order chi connectivity index (χ1) is 8.45. The molecule has 4 nitrogen and oxygen atoms in total. The van der Waals surface area contributed by atoms with Crippen LogP contribution in [0.2, 0.25) is 0 Å². The van der Waals surface area contributed by atoms with Gasteiger partial charge in [-0.2, -0.15) is 0 Å². The summed E-state index contributed by atoms with van der Waals surface area (Å²) in [5.41, 5.74) is -0.436. The fourth-order valence-corrected chi connectivity index (χ4v) is 4.00.